The first kappa shape index (κ1) is 24.7. The Kier molecular flexibility index (Phi) is 6.48. The topological polar surface area (TPSA) is 74.2 Å². The molecule has 3 aliphatic rings. The number of hydrogen-bond acceptors (Lipinski definition) is 5. The van der Waals surface area contributed by atoms with Gasteiger partial charge in [0.15, 0.2) is 0 Å². The van der Waals surface area contributed by atoms with Crippen molar-refractivity contribution in [3.05, 3.63) is 76.1 Å². The first-order chi connectivity index (χ1) is 18.4. The van der Waals surface area contributed by atoms with Crippen LogP contribution in [0.1, 0.15) is 52.7 Å². The zero-order valence-electron chi connectivity index (χ0n) is 21.6. The van der Waals surface area contributed by atoms with Gasteiger partial charge in [-0.25, -0.2) is 4.39 Å². The fourth-order valence-corrected chi connectivity index (χ4v) is 5.90. The predicted molar refractivity (Wildman–Crippen MR) is 140 cm³/mol. The molecule has 0 aromatic heterocycles. The van der Waals surface area contributed by atoms with E-state index in [9.17, 15) is 9.18 Å². The van der Waals surface area contributed by atoms with Crippen LogP contribution in [0.2, 0.25) is 0 Å². The largest absolute Gasteiger partial charge is 0.493 e. The van der Waals surface area contributed by atoms with E-state index in [1.54, 1.807) is 12.1 Å². The second kappa shape index (κ2) is 9.95. The van der Waals surface area contributed by atoms with E-state index in [4.69, 9.17) is 24.1 Å². The maximum Gasteiger partial charge on any atom is 0.304 e. The molecule has 198 valence electrons. The summed E-state index contributed by atoms with van der Waals surface area (Å²) < 4.78 is 38.3. The van der Waals surface area contributed by atoms with E-state index in [0.29, 0.717) is 30.6 Å². The number of carboxylic acids is 1. The smallest absolute Gasteiger partial charge is 0.304 e. The van der Waals surface area contributed by atoms with Crippen molar-refractivity contribution in [1.82, 2.24) is 0 Å². The third-order valence-electron chi connectivity index (χ3n) is 7.79. The first-order valence-corrected chi connectivity index (χ1v) is 13.2. The zero-order valence-corrected chi connectivity index (χ0v) is 21.6. The Morgan fingerprint density at radius 2 is 1.82 bits per heavy atom. The molecule has 1 fully saturated rings. The standard InChI is InChI=1S/C31H31FO6/c1-17-7-23(36-15-19-13-35-14-19)8-18(2)31(17)27-11-21(32)10-26-25(27)5-6-28(26)38-22-3-4-24-20(9-30(33)34)16-37-29(24)12-22/h3-4,7-8,10-12,19-20,28H,5-6,9,13-16H2,1-2H3,(H,33,34)/t20-,28-/m1/s1. The summed E-state index contributed by atoms with van der Waals surface area (Å²) in [6.07, 6.45) is 1.29. The quantitative estimate of drug-likeness (QED) is 0.386. The number of aliphatic carboxylic acids is 1. The molecule has 2 atom stereocenters. The molecule has 1 aliphatic carbocycles. The average molecular weight is 519 g/mol. The lowest BCUT2D eigenvalue weighted by Crippen LogP contribution is -2.32. The van der Waals surface area contributed by atoms with Crippen LogP contribution in [0.4, 0.5) is 4.39 Å². The molecule has 0 saturated carbocycles. The molecule has 2 heterocycles. The minimum atomic E-state index is -0.844. The van der Waals surface area contributed by atoms with Gasteiger partial charge in [-0.3, -0.25) is 4.79 Å². The van der Waals surface area contributed by atoms with Crippen LogP contribution in [-0.4, -0.2) is 37.5 Å². The van der Waals surface area contributed by atoms with Gasteiger partial charge in [-0.05, 0) is 90.4 Å². The number of fused-ring (bicyclic) bond motifs is 2. The number of carboxylic acid groups (broad SMARTS) is 1. The van der Waals surface area contributed by atoms with Gasteiger partial charge in [0.25, 0.3) is 0 Å². The molecule has 2 aliphatic heterocycles. The summed E-state index contributed by atoms with van der Waals surface area (Å²) in [4.78, 5) is 11.1. The highest BCUT2D eigenvalue weighted by atomic mass is 19.1. The number of carbonyl (C=O) groups is 1. The molecule has 0 amide bonds. The SMILES string of the molecule is Cc1cc(OCC2COC2)cc(C)c1-c1cc(F)cc2c1CC[C@H]2Oc1ccc2c(c1)OC[C@H]2CC(=O)O. The van der Waals surface area contributed by atoms with Gasteiger partial charge < -0.3 is 24.1 Å². The minimum Gasteiger partial charge on any atom is -0.493 e. The van der Waals surface area contributed by atoms with Crippen LogP contribution in [0.3, 0.4) is 0 Å². The normalized spacial score (nSPS) is 19.9. The monoisotopic (exact) mass is 518 g/mol. The second-order valence-electron chi connectivity index (χ2n) is 10.6. The van der Waals surface area contributed by atoms with Gasteiger partial charge in [0.05, 0.1) is 32.8 Å². The maximum absolute atomic E-state index is 15.0. The van der Waals surface area contributed by atoms with Crippen molar-refractivity contribution < 1.29 is 33.2 Å². The molecular formula is C31H31FO6. The Morgan fingerprint density at radius 1 is 1.03 bits per heavy atom. The van der Waals surface area contributed by atoms with Gasteiger partial charge in [-0.2, -0.15) is 0 Å². The van der Waals surface area contributed by atoms with Crippen molar-refractivity contribution in [3.63, 3.8) is 0 Å². The van der Waals surface area contributed by atoms with Gasteiger partial charge in [0.2, 0.25) is 0 Å². The Morgan fingerprint density at radius 3 is 2.53 bits per heavy atom. The van der Waals surface area contributed by atoms with E-state index < -0.39 is 5.97 Å². The van der Waals surface area contributed by atoms with Gasteiger partial charge in [-0.15, -0.1) is 0 Å². The lowest BCUT2D eigenvalue weighted by Gasteiger charge is -2.26. The van der Waals surface area contributed by atoms with E-state index in [0.717, 1.165) is 70.7 Å². The zero-order chi connectivity index (χ0) is 26.4. The molecule has 6 nitrogen and oxygen atoms in total. The number of aryl methyl sites for hydroxylation is 2. The maximum atomic E-state index is 15.0. The predicted octanol–water partition coefficient (Wildman–Crippen LogP) is 6.15. The summed E-state index contributed by atoms with van der Waals surface area (Å²) in [6, 6.07) is 12.8. The lowest BCUT2D eigenvalue weighted by molar-refractivity contribution is -0.137. The van der Waals surface area contributed by atoms with E-state index in [1.807, 2.05) is 44.2 Å². The highest BCUT2D eigenvalue weighted by Gasteiger charge is 2.31. The first-order valence-electron chi connectivity index (χ1n) is 13.2. The summed E-state index contributed by atoms with van der Waals surface area (Å²) in [5.41, 5.74) is 6.92. The Hall–Kier alpha value is -3.58. The van der Waals surface area contributed by atoms with Crippen molar-refractivity contribution in [2.75, 3.05) is 26.4 Å². The molecule has 7 heteroatoms. The van der Waals surface area contributed by atoms with Crippen LogP contribution in [0.25, 0.3) is 11.1 Å². The molecule has 0 bridgehead atoms. The van der Waals surface area contributed by atoms with Crippen LogP contribution in [0, 0.1) is 25.6 Å². The Balaban J connectivity index is 1.25. The van der Waals surface area contributed by atoms with Crippen LogP contribution in [-0.2, 0) is 16.0 Å². The molecule has 6 rings (SSSR count). The summed E-state index contributed by atoms with van der Waals surface area (Å²) in [5.74, 6) is 1.28. The molecule has 3 aromatic rings. The number of benzene rings is 3. The van der Waals surface area contributed by atoms with Crippen molar-refractivity contribution >= 4 is 5.97 Å². The molecule has 3 aromatic carbocycles. The fraction of sp³-hybridized carbons (Fsp3) is 0.387. The summed E-state index contributed by atoms with van der Waals surface area (Å²) >= 11 is 0. The third-order valence-corrected chi connectivity index (χ3v) is 7.79. The fourth-order valence-electron chi connectivity index (χ4n) is 5.90. The number of ether oxygens (including phenoxy) is 4. The second-order valence-corrected chi connectivity index (χ2v) is 10.6. The van der Waals surface area contributed by atoms with Crippen molar-refractivity contribution in [3.8, 4) is 28.4 Å². The molecule has 0 radical (unpaired) electrons. The molecule has 0 unspecified atom stereocenters. The number of hydrogen-bond donors (Lipinski definition) is 1. The van der Waals surface area contributed by atoms with Crippen molar-refractivity contribution in [2.45, 2.75) is 45.1 Å². The van der Waals surface area contributed by atoms with Crippen molar-refractivity contribution in [1.29, 1.82) is 0 Å². The van der Waals surface area contributed by atoms with E-state index in [1.165, 1.54) is 0 Å². The van der Waals surface area contributed by atoms with Crippen LogP contribution < -0.4 is 14.2 Å². The molecular weight excluding hydrogens is 487 g/mol. The average Bonchev–Trinajstić information content (AvgIpc) is 3.41. The van der Waals surface area contributed by atoms with Crippen LogP contribution in [0.15, 0.2) is 42.5 Å². The highest BCUT2D eigenvalue weighted by molar-refractivity contribution is 5.76. The van der Waals surface area contributed by atoms with E-state index in [2.05, 4.69) is 0 Å². The number of halogens is 1. The molecule has 1 saturated heterocycles. The van der Waals surface area contributed by atoms with Gasteiger partial charge in [0, 0.05) is 23.5 Å². The minimum absolute atomic E-state index is 0.0344. The van der Waals surface area contributed by atoms with Crippen LogP contribution >= 0.6 is 0 Å². The third kappa shape index (κ3) is 4.71. The number of rotatable bonds is 8. The summed E-state index contributed by atoms with van der Waals surface area (Å²) in [6.45, 7) is 6.58. The molecule has 0 spiro atoms. The lowest BCUT2D eigenvalue weighted by atomic mass is 9.90. The Labute approximate surface area is 221 Å². The summed E-state index contributed by atoms with van der Waals surface area (Å²) in [5, 5.41) is 9.15. The molecule has 1 N–H and O–H groups in total. The van der Waals surface area contributed by atoms with E-state index >= 15 is 0 Å². The highest BCUT2D eigenvalue weighted by Crippen LogP contribution is 2.44. The summed E-state index contributed by atoms with van der Waals surface area (Å²) in [7, 11) is 0. The molecule has 38 heavy (non-hydrogen) atoms. The van der Waals surface area contributed by atoms with Crippen LogP contribution in [0.5, 0.6) is 17.2 Å². The van der Waals surface area contributed by atoms with Gasteiger partial charge >= 0.3 is 5.97 Å². The Bertz CT molecular complexity index is 1370. The van der Waals surface area contributed by atoms with Gasteiger partial charge in [-0.1, -0.05) is 6.07 Å². The van der Waals surface area contributed by atoms with E-state index in [-0.39, 0.29) is 24.3 Å². The van der Waals surface area contributed by atoms with Crippen molar-refractivity contribution in [2.24, 2.45) is 5.92 Å². The van der Waals surface area contributed by atoms with Gasteiger partial charge in [0.1, 0.15) is 29.2 Å².